The van der Waals surface area contributed by atoms with Crippen LogP contribution < -0.4 is 14.8 Å². The lowest BCUT2D eigenvalue weighted by atomic mass is 10.1. The Morgan fingerprint density at radius 2 is 2.03 bits per heavy atom. The smallest absolute Gasteiger partial charge is 0.223 e. The van der Waals surface area contributed by atoms with Gasteiger partial charge in [-0.05, 0) is 29.7 Å². The molecule has 4 heterocycles. The van der Waals surface area contributed by atoms with Crippen LogP contribution in [0.3, 0.4) is 0 Å². The molecular weight excluding hydrogens is 458 g/mol. The number of aromatic nitrogens is 3. The van der Waals surface area contributed by atoms with E-state index in [-0.39, 0.29) is 11.9 Å². The Hall–Kier alpha value is -4.11. The monoisotopic (exact) mass is 487 g/mol. The average molecular weight is 488 g/mol. The maximum atomic E-state index is 12.5. The predicted octanol–water partition coefficient (Wildman–Crippen LogP) is 3.38. The van der Waals surface area contributed by atoms with Crippen LogP contribution in [0.1, 0.15) is 18.4 Å². The molecule has 4 bridgehead atoms. The predicted molar refractivity (Wildman–Crippen MR) is 136 cm³/mol. The molecule has 2 aliphatic rings. The van der Waals surface area contributed by atoms with E-state index in [1.807, 2.05) is 65.8 Å². The normalized spacial score (nSPS) is 16.9. The zero-order valence-electron chi connectivity index (χ0n) is 20.1. The van der Waals surface area contributed by atoms with Gasteiger partial charge in [-0.25, -0.2) is 4.52 Å². The van der Waals surface area contributed by atoms with Gasteiger partial charge in [0.25, 0.3) is 0 Å². The Morgan fingerprint density at radius 3 is 2.89 bits per heavy atom. The summed E-state index contributed by atoms with van der Waals surface area (Å²) in [6.45, 7) is 2.15. The second-order valence-electron chi connectivity index (χ2n) is 8.63. The highest BCUT2D eigenvalue weighted by atomic mass is 16.5. The Kier molecular flexibility index (Phi) is 6.99. The first-order valence-corrected chi connectivity index (χ1v) is 12.0. The third kappa shape index (κ3) is 4.96. The third-order valence-electron chi connectivity index (χ3n) is 6.37. The molecule has 1 fully saturated rings. The van der Waals surface area contributed by atoms with Crippen LogP contribution in [-0.2, 0) is 11.4 Å². The molecule has 2 N–H and O–H groups in total. The molecule has 0 saturated carbocycles. The molecule has 1 atom stereocenters. The number of amides is 1. The highest BCUT2D eigenvalue weighted by molar-refractivity contribution is 5.81. The summed E-state index contributed by atoms with van der Waals surface area (Å²) in [5, 5.41) is 15.0. The van der Waals surface area contributed by atoms with Gasteiger partial charge < -0.3 is 24.8 Å². The molecule has 0 aliphatic carbocycles. The van der Waals surface area contributed by atoms with Crippen LogP contribution in [0.5, 0.6) is 11.6 Å². The average Bonchev–Trinajstić information content (AvgIpc) is 3.50. The lowest BCUT2D eigenvalue weighted by Gasteiger charge is -2.25. The molecule has 9 nitrogen and oxygen atoms in total. The van der Waals surface area contributed by atoms with Crippen molar-refractivity contribution in [2.45, 2.75) is 25.5 Å². The van der Waals surface area contributed by atoms with Crippen LogP contribution in [0.2, 0.25) is 0 Å². The van der Waals surface area contributed by atoms with Crippen LogP contribution in [0, 0.1) is 0 Å². The first-order valence-electron chi connectivity index (χ1n) is 12.0. The SMILES string of the molecule is CO.O=C1CC[C@H]2COc3ccn4ncc(c4n3)-c3cc(cc(OCc4ccccc4)c3)NCCN12. The molecule has 9 heteroatoms. The number of ether oxygens (including phenoxy) is 2. The summed E-state index contributed by atoms with van der Waals surface area (Å²) < 4.78 is 13.9. The van der Waals surface area contributed by atoms with Gasteiger partial charge in [-0.3, -0.25) is 4.79 Å². The van der Waals surface area contributed by atoms with Crippen molar-refractivity contribution in [3.8, 4) is 22.8 Å². The van der Waals surface area contributed by atoms with Crippen LogP contribution in [0.4, 0.5) is 5.69 Å². The molecule has 0 unspecified atom stereocenters. The maximum Gasteiger partial charge on any atom is 0.223 e. The number of hydrogen-bond acceptors (Lipinski definition) is 7. The molecule has 2 aromatic carbocycles. The van der Waals surface area contributed by atoms with E-state index in [1.165, 1.54) is 0 Å². The van der Waals surface area contributed by atoms with Crippen molar-refractivity contribution in [3.63, 3.8) is 0 Å². The largest absolute Gasteiger partial charge is 0.489 e. The Labute approximate surface area is 209 Å². The minimum atomic E-state index is 0.0516. The van der Waals surface area contributed by atoms with Gasteiger partial charge in [0, 0.05) is 56.2 Å². The number of aliphatic hydroxyl groups is 1. The summed E-state index contributed by atoms with van der Waals surface area (Å²) in [5.41, 5.74) is 4.57. The van der Waals surface area contributed by atoms with Crippen molar-refractivity contribution in [1.29, 1.82) is 0 Å². The fourth-order valence-corrected chi connectivity index (χ4v) is 4.59. The third-order valence-corrected chi connectivity index (χ3v) is 6.37. The number of carbonyl (C=O) groups is 1. The number of nitrogens with one attached hydrogen (secondary N) is 1. The van der Waals surface area contributed by atoms with Crippen LogP contribution >= 0.6 is 0 Å². The number of carbonyl (C=O) groups excluding carboxylic acids is 1. The standard InChI is InChI=1S/C26H25N5O3.CH4O/c32-25-7-6-21-17-34-24-8-10-31-26(29-24)23(15-28-31)19-12-20(27-9-11-30(21)25)14-22(13-19)33-16-18-4-2-1-3-5-18;1-2/h1-5,8,10,12-15,21,27H,6-7,9,11,16-17H2;2H,1H3/t21-;/m0./s1. The summed E-state index contributed by atoms with van der Waals surface area (Å²) in [4.78, 5) is 19.1. The van der Waals surface area contributed by atoms with Gasteiger partial charge in [0.2, 0.25) is 11.8 Å². The quantitative estimate of drug-likeness (QED) is 0.457. The van der Waals surface area contributed by atoms with Gasteiger partial charge in [-0.1, -0.05) is 30.3 Å². The van der Waals surface area contributed by atoms with Crippen molar-refractivity contribution in [2.75, 3.05) is 32.1 Å². The minimum absolute atomic E-state index is 0.0516. The van der Waals surface area contributed by atoms with Crippen molar-refractivity contribution in [1.82, 2.24) is 19.5 Å². The first kappa shape index (κ1) is 23.6. The first-order chi connectivity index (χ1) is 17.7. The Balaban J connectivity index is 0.00000130. The molecule has 6 rings (SSSR count). The fraction of sp³-hybridized carbons (Fsp3) is 0.296. The van der Waals surface area contributed by atoms with E-state index in [9.17, 15) is 4.79 Å². The summed E-state index contributed by atoms with van der Waals surface area (Å²) in [6, 6.07) is 18.0. The molecule has 186 valence electrons. The molecule has 36 heavy (non-hydrogen) atoms. The molecule has 0 radical (unpaired) electrons. The van der Waals surface area contributed by atoms with E-state index >= 15 is 0 Å². The van der Waals surface area contributed by atoms with Crippen LogP contribution in [0.25, 0.3) is 16.8 Å². The van der Waals surface area contributed by atoms with Crippen LogP contribution in [0.15, 0.2) is 67.0 Å². The second-order valence-corrected chi connectivity index (χ2v) is 8.63. The number of nitrogens with zero attached hydrogens (tertiary/aromatic N) is 4. The second kappa shape index (κ2) is 10.7. The van der Waals surface area contributed by atoms with E-state index in [4.69, 9.17) is 19.6 Å². The minimum Gasteiger partial charge on any atom is -0.489 e. The van der Waals surface area contributed by atoms with Gasteiger partial charge in [0.15, 0.2) is 5.65 Å². The van der Waals surface area contributed by atoms with E-state index in [0.29, 0.717) is 44.3 Å². The zero-order valence-corrected chi connectivity index (χ0v) is 20.1. The van der Waals surface area contributed by atoms with E-state index in [2.05, 4.69) is 16.5 Å². The number of rotatable bonds is 3. The molecule has 1 amide bonds. The fourth-order valence-electron chi connectivity index (χ4n) is 4.59. The molecule has 2 aromatic heterocycles. The summed E-state index contributed by atoms with van der Waals surface area (Å²) in [5.74, 6) is 1.45. The van der Waals surface area contributed by atoms with Gasteiger partial charge in [0.05, 0.1) is 12.2 Å². The topological polar surface area (TPSA) is 101 Å². The van der Waals surface area contributed by atoms with E-state index in [1.54, 1.807) is 4.52 Å². The maximum absolute atomic E-state index is 12.5. The molecule has 4 aromatic rings. The highest BCUT2D eigenvalue weighted by Crippen LogP contribution is 2.32. The lowest BCUT2D eigenvalue weighted by Crippen LogP contribution is -2.40. The van der Waals surface area contributed by atoms with Crippen molar-refractivity contribution < 1.29 is 19.4 Å². The van der Waals surface area contributed by atoms with Gasteiger partial charge in [0.1, 0.15) is 19.0 Å². The molecular formula is C27H29N5O4. The van der Waals surface area contributed by atoms with E-state index < -0.39 is 0 Å². The molecule has 1 saturated heterocycles. The summed E-state index contributed by atoms with van der Waals surface area (Å²) >= 11 is 0. The van der Waals surface area contributed by atoms with Crippen LogP contribution in [-0.4, -0.2) is 63.4 Å². The Bertz CT molecular complexity index is 1340. The summed E-state index contributed by atoms with van der Waals surface area (Å²) in [6.07, 6.45) is 5.02. The van der Waals surface area contributed by atoms with Gasteiger partial charge >= 0.3 is 0 Å². The van der Waals surface area contributed by atoms with Crippen molar-refractivity contribution >= 4 is 17.2 Å². The lowest BCUT2D eigenvalue weighted by molar-refractivity contribution is -0.129. The number of hydrogen-bond donors (Lipinski definition) is 2. The number of fused-ring (bicyclic) bond motifs is 5. The number of anilines is 1. The van der Waals surface area contributed by atoms with Gasteiger partial charge in [-0.2, -0.15) is 10.1 Å². The van der Waals surface area contributed by atoms with Gasteiger partial charge in [-0.15, -0.1) is 0 Å². The summed E-state index contributed by atoms with van der Waals surface area (Å²) in [7, 11) is 1.00. The van der Waals surface area contributed by atoms with E-state index in [0.717, 1.165) is 41.7 Å². The number of benzene rings is 2. The number of aliphatic hydroxyl groups excluding tert-OH is 1. The zero-order chi connectivity index (χ0) is 24.9. The molecule has 2 aliphatic heterocycles. The van der Waals surface area contributed by atoms with Crippen molar-refractivity contribution in [3.05, 3.63) is 72.6 Å². The molecule has 0 spiro atoms. The highest BCUT2D eigenvalue weighted by Gasteiger charge is 2.31. The van der Waals surface area contributed by atoms with Crippen molar-refractivity contribution in [2.24, 2.45) is 0 Å². The Morgan fingerprint density at radius 1 is 1.17 bits per heavy atom.